The number of aromatic nitrogens is 3. The molecular formula is C49H58N8O8S. The molecule has 17 heteroatoms. The summed E-state index contributed by atoms with van der Waals surface area (Å²) in [6.07, 6.45) is 13.9. The summed E-state index contributed by atoms with van der Waals surface area (Å²) < 4.78 is 42.1. The quantitative estimate of drug-likeness (QED) is 0.0650. The van der Waals surface area contributed by atoms with E-state index in [1.54, 1.807) is 37.4 Å². The number of nitro groups is 1. The Morgan fingerprint density at radius 3 is 2.48 bits per heavy atom. The summed E-state index contributed by atoms with van der Waals surface area (Å²) >= 11 is 0. The van der Waals surface area contributed by atoms with Crippen LogP contribution in [0.4, 0.5) is 17.2 Å². The highest BCUT2D eigenvalue weighted by atomic mass is 32.2. The zero-order valence-corrected chi connectivity index (χ0v) is 38.3. The van der Waals surface area contributed by atoms with Crippen molar-refractivity contribution in [2.24, 2.45) is 11.3 Å². The van der Waals surface area contributed by atoms with Crippen molar-refractivity contribution in [1.82, 2.24) is 24.6 Å². The lowest BCUT2D eigenvalue weighted by Crippen LogP contribution is -2.60. The minimum atomic E-state index is -4.63. The smallest absolute Gasteiger partial charge is 0.312 e. The number of aromatic amines is 1. The monoisotopic (exact) mass is 918 g/mol. The highest BCUT2D eigenvalue weighted by Crippen LogP contribution is 2.54. The standard InChI is InChI=1S/C49H58N8O8S/c1-31-29-64-30-43(40-6-4-3-5-39(40)33-7-8-33)56(31)36-24-49(25-36)16-19-55(20-17-49)35-9-10-41(44(22-35)65-37-21-34-13-18-50-45(34)52-27-37)47(58)54-66(62,63)38-23-42(57(60)61)46(53-28-38)51-26-32-11-14-48(2,59)15-12-32/h3-6,9-10,13,18,21-23,27-28,31-33,36,43,59H,7-8,11-12,14-17,19-20,24-26,29-30H2,1-2H3,(H,50,52)(H,51,53)(H,54,58)/t31?,32?,43-,48?/m0/s1. The van der Waals surface area contributed by atoms with Crippen molar-refractivity contribution in [2.45, 2.75) is 113 Å². The Labute approximate surface area is 384 Å². The van der Waals surface area contributed by atoms with E-state index in [2.05, 4.69) is 66.0 Å². The minimum absolute atomic E-state index is 0.0449. The van der Waals surface area contributed by atoms with Gasteiger partial charge in [0.1, 0.15) is 22.0 Å². The molecule has 1 spiro atoms. The molecule has 3 aromatic heterocycles. The topological polar surface area (TPSA) is 205 Å². The SMILES string of the molecule is CC1COC[C@@H](c2ccccc2C2CC2)N1C1CC2(CCN(c3ccc(C(=O)NS(=O)(=O)c4cnc(NCC5CCC(C)(O)CC5)c([N+](=O)[O-])c4)c(Oc4cnc5[nH]ccc5c4)c3)CC2)C1. The highest BCUT2D eigenvalue weighted by molar-refractivity contribution is 7.90. The van der Waals surface area contributed by atoms with E-state index in [0.29, 0.717) is 48.8 Å². The first-order chi connectivity index (χ1) is 31.7. The Hall–Kier alpha value is -5.62. The molecule has 0 radical (unpaired) electrons. The number of carbonyl (C=O) groups excluding carboxylic acids is 1. The van der Waals surface area contributed by atoms with Crippen molar-refractivity contribution in [3.63, 3.8) is 0 Å². The zero-order valence-electron chi connectivity index (χ0n) is 37.4. The third-order valence-corrected chi connectivity index (χ3v) is 16.3. The number of hydrogen-bond acceptors (Lipinski definition) is 13. The Morgan fingerprint density at radius 2 is 1.74 bits per heavy atom. The third kappa shape index (κ3) is 9.09. The number of fused-ring (bicyclic) bond motifs is 1. The number of pyridine rings is 2. The van der Waals surface area contributed by atoms with E-state index in [0.717, 1.165) is 88.2 Å². The lowest BCUT2D eigenvalue weighted by Gasteiger charge is -2.59. The number of nitrogens with one attached hydrogen (secondary N) is 3. The van der Waals surface area contributed by atoms with Crippen molar-refractivity contribution >= 4 is 44.2 Å². The molecule has 1 amide bonds. The number of H-pyrrole nitrogens is 1. The normalized spacial score (nSPS) is 24.8. The van der Waals surface area contributed by atoms with Crippen molar-refractivity contribution in [2.75, 3.05) is 43.1 Å². The van der Waals surface area contributed by atoms with Crippen LogP contribution in [0, 0.1) is 21.4 Å². The molecule has 4 N–H and O–H groups in total. The van der Waals surface area contributed by atoms with E-state index in [-0.39, 0.29) is 34.5 Å². The summed E-state index contributed by atoms with van der Waals surface area (Å²) in [5, 5.41) is 26.2. The molecule has 2 aromatic carbocycles. The molecule has 5 aliphatic rings. The molecule has 10 rings (SSSR count). The molecule has 348 valence electrons. The first-order valence-corrected chi connectivity index (χ1v) is 24.8. The molecule has 2 aliphatic heterocycles. The van der Waals surface area contributed by atoms with Crippen LogP contribution in [0.2, 0.25) is 0 Å². The Bertz CT molecular complexity index is 2730. The van der Waals surface area contributed by atoms with Crippen LogP contribution >= 0.6 is 0 Å². The van der Waals surface area contributed by atoms with Crippen molar-refractivity contribution in [3.05, 3.63) is 106 Å². The molecule has 2 saturated heterocycles. The summed E-state index contributed by atoms with van der Waals surface area (Å²) in [5.74, 6) is 0.275. The van der Waals surface area contributed by atoms with Gasteiger partial charge in [0.05, 0.1) is 47.7 Å². The first kappa shape index (κ1) is 44.2. The number of anilines is 2. The van der Waals surface area contributed by atoms with Gasteiger partial charge in [0.2, 0.25) is 5.82 Å². The predicted molar refractivity (Wildman–Crippen MR) is 249 cm³/mol. The minimum Gasteiger partial charge on any atom is -0.455 e. The lowest BCUT2D eigenvalue weighted by molar-refractivity contribution is -0.384. The number of hydrogen-bond donors (Lipinski definition) is 4. The van der Waals surface area contributed by atoms with Crippen LogP contribution in [0.25, 0.3) is 11.0 Å². The van der Waals surface area contributed by atoms with E-state index < -0.39 is 37.0 Å². The van der Waals surface area contributed by atoms with E-state index in [1.807, 2.05) is 6.07 Å². The van der Waals surface area contributed by atoms with Gasteiger partial charge < -0.3 is 29.8 Å². The molecule has 16 nitrogen and oxygen atoms in total. The van der Waals surface area contributed by atoms with E-state index in [1.165, 1.54) is 30.2 Å². The molecule has 2 atom stereocenters. The number of morpholine rings is 1. The number of benzene rings is 2. The van der Waals surface area contributed by atoms with Gasteiger partial charge in [0.25, 0.3) is 15.9 Å². The zero-order chi connectivity index (χ0) is 45.8. The number of carbonyl (C=O) groups is 1. The van der Waals surface area contributed by atoms with Crippen LogP contribution < -0.4 is 19.7 Å². The van der Waals surface area contributed by atoms with Gasteiger partial charge in [-0.3, -0.25) is 19.8 Å². The molecule has 0 bridgehead atoms. The van der Waals surface area contributed by atoms with Gasteiger partial charge in [-0.05, 0) is 131 Å². The Morgan fingerprint density at radius 1 is 0.985 bits per heavy atom. The lowest BCUT2D eigenvalue weighted by atomic mass is 9.59. The number of aliphatic hydroxyl groups is 1. The van der Waals surface area contributed by atoms with Crippen LogP contribution in [0.5, 0.6) is 11.5 Å². The number of rotatable bonds is 13. The summed E-state index contributed by atoms with van der Waals surface area (Å²) in [5.41, 5.74) is 3.37. The van der Waals surface area contributed by atoms with E-state index >= 15 is 0 Å². The van der Waals surface area contributed by atoms with Gasteiger partial charge in [0, 0.05) is 61.1 Å². The van der Waals surface area contributed by atoms with E-state index in [4.69, 9.17) is 9.47 Å². The fraction of sp³-hybridized carbons (Fsp3) is 0.490. The summed E-state index contributed by atoms with van der Waals surface area (Å²) in [7, 11) is -4.63. The fourth-order valence-corrected chi connectivity index (χ4v) is 11.9. The summed E-state index contributed by atoms with van der Waals surface area (Å²) in [6, 6.07) is 19.7. The number of amides is 1. The predicted octanol–water partition coefficient (Wildman–Crippen LogP) is 8.22. The molecule has 1 unspecified atom stereocenters. The van der Waals surface area contributed by atoms with Crippen LogP contribution in [0.3, 0.4) is 0 Å². The van der Waals surface area contributed by atoms with Gasteiger partial charge >= 0.3 is 5.69 Å². The van der Waals surface area contributed by atoms with Crippen LogP contribution in [0.1, 0.15) is 112 Å². The second kappa shape index (κ2) is 17.6. The van der Waals surface area contributed by atoms with E-state index in [9.17, 15) is 28.4 Å². The van der Waals surface area contributed by atoms with Crippen LogP contribution in [-0.2, 0) is 14.8 Å². The second-order valence-corrected chi connectivity index (χ2v) is 21.4. The summed E-state index contributed by atoms with van der Waals surface area (Å²) in [6.45, 7) is 7.58. The summed E-state index contributed by atoms with van der Waals surface area (Å²) in [4.78, 5) is 41.6. The molecule has 5 aromatic rings. The number of nitrogens with zero attached hydrogens (tertiary/aromatic N) is 5. The van der Waals surface area contributed by atoms with Crippen LogP contribution in [-0.4, -0.2) is 94.7 Å². The average Bonchev–Trinajstić information content (AvgIpc) is 4.04. The maximum Gasteiger partial charge on any atom is 0.312 e. The number of piperidine rings is 1. The maximum absolute atomic E-state index is 14.0. The van der Waals surface area contributed by atoms with Gasteiger partial charge in [-0.15, -0.1) is 0 Å². The number of ether oxygens (including phenoxy) is 2. The van der Waals surface area contributed by atoms with Crippen molar-refractivity contribution in [3.8, 4) is 11.5 Å². The van der Waals surface area contributed by atoms with Gasteiger partial charge in [0.15, 0.2) is 0 Å². The fourth-order valence-electron chi connectivity index (χ4n) is 11.0. The Kier molecular flexibility index (Phi) is 11.8. The van der Waals surface area contributed by atoms with Crippen LogP contribution in [0.15, 0.2) is 84.1 Å². The largest absolute Gasteiger partial charge is 0.455 e. The van der Waals surface area contributed by atoms with Crippen molar-refractivity contribution < 1.29 is 32.7 Å². The molecular weight excluding hydrogens is 861 g/mol. The molecule has 5 heterocycles. The average molecular weight is 919 g/mol. The molecule has 3 aliphatic carbocycles. The third-order valence-electron chi connectivity index (χ3n) is 15.0. The van der Waals surface area contributed by atoms with Gasteiger partial charge in [-0.25, -0.2) is 23.1 Å². The molecule has 5 fully saturated rings. The second-order valence-electron chi connectivity index (χ2n) is 19.7. The Balaban J connectivity index is 0.840. The first-order valence-electron chi connectivity index (χ1n) is 23.3. The highest BCUT2D eigenvalue weighted by Gasteiger charge is 2.51. The van der Waals surface area contributed by atoms with Crippen molar-refractivity contribution in [1.29, 1.82) is 0 Å². The van der Waals surface area contributed by atoms with Gasteiger partial charge in [-0.2, -0.15) is 0 Å². The number of sulfonamides is 1. The molecule has 3 saturated carbocycles. The van der Waals surface area contributed by atoms with Gasteiger partial charge in [-0.1, -0.05) is 24.3 Å². The maximum atomic E-state index is 14.0. The molecule has 66 heavy (non-hydrogen) atoms.